The maximum absolute atomic E-state index is 11.5. The van der Waals surface area contributed by atoms with Crippen LogP contribution in [0.15, 0.2) is 44.2 Å². The third-order valence-corrected chi connectivity index (χ3v) is 4.57. The summed E-state index contributed by atoms with van der Waals surface area (Å²) in [6.45, 7) is 8.37. The molecular formula is C20H25NO4. The maximum Gasteiger partial charge on any atom is 0.336 e. The summed E-state index contributed by atoms with van der Waals surface area (Å²) in [4.78, 5) is 13.9. The zero-order valence-corrected chi connectivity index (χ0v) is 14.9. The molecule has 0 bridgehead atoms. The average Bonchev–Trinajstić information content (AvgIpc) is 3.08. The lowest BCUT2D eigenvalue weighted by Gasteiger charge is -2.17. The Bertz CT molecular complexity index is 876. The van der Waals surface area contributed by atoms with Gasteiger partial charge in [0.15, 0.2) is 0 Å². The highest BCUT2D eigenvalue weighted by molar-refractivity contribution is 6.01. The normalized spacial score (nSPS) is 11.6. The minimum atomic E-state index is -0.374. The Balaban J connectivity index is 1.66. The smallest absolute Gasteiger partial charge is 0.336 e. The molecule has 5 nitrogen and oxygen atoms in total. The quantitative estimate of drug-likeness (QED) is 0.425. The van der Waals surface area contributed by atoms with Gasteiger partial charge in [0.2, 0.25) is 0 Å². The van der Waals surface area contributed by atoms with Gasteiger partial charge in [-0.2, -0.15) is 0 Å². The molecule has 134 valence electrons. The number of unbranched alkanes of at least 4 members (excludes halogenated alkanes) is 2. The van der Waals surface area contributed by atoms with Gasteiger partial charge in [0.05, 0.1) is 23.6 Å². The monoisotopic (exact) mass is 343 g/mol. The lowest BCUT2D eigenvalue weighted by atomic mass is 10.1. The first-order chi connectivity index (χ1) is 12.2. The molecule has 0 aliphatic rings. The van der Waals surface area contributed by atoms with Crippen LogP contribution < -0.4 is 10.4 Å². The van der Waals surface area contributed by atoms with E-state index in [0.29, 0.717) is 17.8 Å². The second-order valence-electron chi connectivity index (χ2n) is 6.14. The molecule has 0 atom stereocenters. The molecule has 1 aromatic carbocycles. The molecule has 25 heavy (non-hydrogen) atoms. The van der Waals surface area contributed by atoms with Gasteiger partial charge in [-0.05, 0) is 51.0 Å². The van der Waals surface area contributed by atoms with Gasteiger partial charge < -0.3 is 18.5 Å². The van der Waals surface area contributed by atoms with Crippen molar-refractivity contribution in [1.82, 2.24) is 4.90 Å². The van der Waals surface area contributed by atoms with Crippen molar-refractivity contribution in [3.8, 4) is 5.75 Å². The van der Waals surface area contributed by atoms with Gasteiger partial charge in [-0.1, -0.05) is 13.8 Å². The Labute approximate surface area is 147 Å². The van der Waals surface area contributed by atoms with Crippen LogP contribution >= 0.6 is 0 Å². The van der Waals surface area contributed by atoms with Gasteiger partial charge in [-0.25, -0.2) is 4.79 Å². The van der Waals surface area contributed by atoms with E-state index in [0.717, 1.165) is 49.0 Å². The summed E-state index contributed by atoms with van der Waals surface area (Å²) < 4.78 is 16.8. The third-order valence-electron chi connectivity index (χ3n) is 4.57. The Morgan fingerprint density at radius 3 is 2.60 bits per heavy atom. The highest BCUT2D eigenvalue weighted by Crippen LogP contribution is 2.35. The van der Waals surface area contributed by atoms with Crippen LogP contribution in [0.25, 0.3) is 21.9 Å². The molecule has 0 unspecified atom stereocenters. The third kappa shape index (κ3) is 4.04. The van der Waals surface area contributed by atoms with Crippen LogP contribution in [0.4, 0.5) is 0 Å². The van der Waals surface area contributed by atoms with E-state index in [4.69, 9.17) is 13.6 Å². The molecule has 0 radical (unpaired) electrons. The van der Waals surface area contributed by atoms with E-state index in [1.54, 1.807) is 18.4 Å². The van der Waals surface area contributed by atoms with E-state index in [1.807, 2.05) is 6.07 Å². The number of fused-ring (bicyclic) bond motifs is 2. The topological polar surface area (TPSA) is 55.8 Å². The van der Waals surface area contributed by atoms with Gasteiger partial charge in [0.1, 0.15) is 16.9 Å². The number of ether oxygens (including phenoxy) is 1. The summed E-state index contributed by atoms with van der Waals surface area (Å²) in [6, 6.07) is 6.80. The summed E-state index contributed by atoms with van der Waals surface area (Å²) in [5.74, 6) is 0.730. The maximum atomic E-state index is 11.5. The molecule has 0 spiro atoms. The van der Waals surface area contributed by atoms with Crippen molar-refractivity contribution in [3.63, 3.8) is 0 Å². The van der Waals surface area contributed by atoms with Crippen molar-refractivity contribution in [2.24, 2.45) is 0 Å². The summed E-state index contributed by atoms with van der Waals surface area (Å²) in [5, 5.41) is 1.71. The van der Waals surface area contributed by atoms with Crippen LogP contribution in [-0.2, 0) is 0 Å². The van der Waals surface area contributed by atoms with Crippen molar-refractivity contribution in [3.05, 3.63) is 40.9 Å². The SMILES string of the molecule is CCN(CC)CCCCCOc1c2ccoc2cc2oc(=O)ccc12. The van der Waals surface area contributed by atoms with Gasteiger partial charge in [0.25, 0.3) is 0 Å². The Morgan fingerprint density at radius 1 is 1.00 bits per heavy atom. The summed E-state index contributed by atoms with van der Waals surface area (Å²) in [6.07, 6.45) is 4.92. The van der Waals surface area contributed by atoms with Gasteiger partial charge >= 0.3 is 5.63 Å². The van der Waals surface area contributed by atoms with Gasteiger partial charge in [-0.3, -0.25) is 0 Å². The second kappa shape index (κ2) is 8.21. The fraction of sp³-hybridized carbons (Fsp3) is 0.450. The summed E-state index contributed by atoms with van der Waals surface area (Å²) in [7, 11) is 0. The zero-order valence-electron chi connectivity index (χ0n) is 14.9. The number of furan rings is 1. The predicted octanol–water partition coefficient (Wildman–Crippen LogP) is 4.43. The highest BCUT2D eigenvalue weighted by atomic mass is 16.5. The van der Waals surface area contributed by atoms with Crippen LogP contribution in [0.1, 0.15) is 33.1 Å². The van der Waals surface area contributed by atoms with Gasteiger partial charge in [-0.15, -0.1) is 0 Å². The summed E-state index contributed by atoms with van der Waals surface area (Å²) in [5.41, 5.74) is 0.783. The molecule has 3 rings (SSSR count). The molecule has 0 N–H and O–H groups in total. The highest BCUT2D eigenvalue weighted by Gasteiger charge is 2.13. The first-order valence-corrected chi connectivity index (χ1v) is 9.02. The Kier molecular flexibility index (Phi) is 5.76. The molecule has 5 heteroatoms. The molecule has 0 saturated carbocycles. The molecular weight excluding hydrogens is 318 g/mol. The number of nitrogens with zero attached hydrogens (tertiary/aromatic N) is 1. The minimum Gasteiger partial charge on any atom is -0.492 e. The standard InChI is InChI=1S/C20H25NO4/c1-3-21(4-2)11-6-5-7-12-24-20-15-8-9-19(22)25-18(15)14-17-16(20)10-13-23-17/h8-10,13-14H,3-7,11-12H2,1-2H3. The molecule has 3 aromatic rings. The first-order valence-electron chi connectivity index (χ1n) is 9.02. The number of rotatable bonds is 9. The first kappa shape index (κ1) is 17.5. The predicted molar refractivity (Wildman–Crippen MR) is 99.4 cm³/mol. The van der Waals surface area contributed by atoms with E-state index < -0.39 is 0 Å². The average molecular weight is 343 g/mol. The molecule has 0 aliphatic carbocycles. The number of hydrogen-bond donors (Lipinski definition) is 0. The van der Waals surface area contributed by atoms with E-state index in [2.05, 4.69) is 18.7 Å². The molecule has 2 heterocycles. The molecule has 0 amide bonds. The van der Waals surface area contributed by atoms with Crippen molar-refractivity contribution in [2.45, 2.75) is 33.1 Å². The van der Waals surface area contributed by atoms with Gasteiger partial charge in [0, 0.05) is 12.1 Å². The lowest BCUT2D eigenvalue weighted by Crippen LogP contribution is -2.23. The fourth-order valence-corrected chi connectivity index (χ4v) is 3.09. The van der Waals surface area contributed by atoms with Crippen molar-refractivity contribution in [1.29, 1.82) is 0 Å². The van der Waals surface area contributed by atoms with Crippen molar-refractivity contribution >= 4 is 21.9 Å². The summed E-state index contributed by atoms with van der Waals surface area (Å²) >= 11 is 0. The lowest BCUT2D eigenvalue weighted by molar-refractivity contribution is 0.279. The van der Waals surface area contributed by atoms with Crippen molar-refractivity contribution in [2.75, 3.05) is 26.2 Å². The van der Waals surface area contributed by atoms with E-state index >= 15 is 0 Å². The Morgan fingerprint density at radius 2 is 1.80 bits per heavy atom. The van der Waals surface area contributed by atoms with Crippen molar-refractivity contribution < 1.29 is 13.6 Å². The molecule has 0 fully saturated rings. The van der Waals surface area contributed by atoms with Crippen LogP contribution in [0.3, 0.4) is 0 Å². The molecule has 0 saturated heterocycles. The minimum absolute atomic E-state index is 0.374. The van der Waals surface area contributed by atoms with Crippen LogP contribution in [0.5, 0.6) is 5.75 Å². The zero-order chi connectivity index (χ0) is 17.6. The number of hydrogen-bond acceptors (Lipinski definition) is 5. The van der Waals surface area contributed by atoms with E-state index in [1.165, 1.54) is 12.5 Å². The molecule has 0 aliphatic heterocycles. The largest absolute Gasteiger partial charge is 0.492 e. The van der Waals surface area contributed by atoms with E-state index in [-0.39, 0.29) is 5.63 Å². The fourth-order valence-electron chi connectivity index (χ4n) is 3.09. The van der Waals surface area contributed by atoms with Crippen LogP contribution in [-0.4, -0.2) is 31.1 Å². The second-order valence-corrected chi connectivity index (χ2v) is 6.14. The van der Waals surface area contributed by atoms with Crippen LogP contribution in [0.2, 0.25) is 0 Å². The molecule has 2 aromatic heterocycles. The number of benzene rings is 1. The van der Waals surface area contributed by atoms with Crippen LogP contribution in [0, 0.1) is 0 Å². The van der Waals surface area contributed by atoms with E-state index in [9.17, 15) is 4.79 Å². The Hall–Kier alpha value is -2.27.